The maximum atomic E-state index is 12.4. The number of hydrogen-bond acceptors (Lipinski definition) is 2. The van der Waals surface area contributed by atoms with Crippen LogP contribution in [0, 0.1) is 5.92 Å². The van der Waals surface area contributed by atoms with Crippen LogP contribution in [-0.4, -0.2) is 10.8 Å². The molecule has 100 valence electrons. The molecule has 0 fully saturated rings. The van der Waals surface area contributed by atoms with Crippen LogP contribution in [-0.2, 0) is 17.4 Å². The number of alkyl halides is 3. The van der Waals surface area contributed by atoms with Gasteiger partial charge in [-0.05, 0) is 12.0 Å². The highest BCUT2D eigenvalue weighted by atomic mass is 35.5. The van der Waals surface area contributed by atoms with Crippen molar-refractivity contribution < 1.29 is 18.0 Å². The molecule has 0 atom stereocenters. The van der Waals surface area contributed by atoms with Crippen LogP contribution in [0.2, 0.25) is 5.02 Å². The largest absolute Gasteiger partial charge is 0.417 e. The van der Waals surface area contributed by atoms with Crippen molar-refractivity contribution in [2.75, 3.05) is 0 Å². The predicted molar refractivity (Wildman–Crippen MR) is 62.4 cm³/mol. The number of rotatable bonds is 4. The summed E-state index contributed by atoms with van der Waals surface area (Å²) >= 11 is 5.70. The van der Waals surface area contributed by atoms with E-state index in [0.717, 1.165) is 6.07 Å². The molecule has 0 bridgehead atoms. The lowest BCUT2D eigenvalue weighted by Gasteiger charge is -2.09. The van der Waals surface area contributed by atoms with Gasteiger partial charge >= 0.3 is 6.18 Å². The van der Waals surface area contributed by atoms with Crippen LogP contribution < -0.4 is 0 Å². The van der Waals surface area contributed by atoms with Gasteiger partial charge in [-0.15, -0.1) is 0 Å². The fourth-order valence-electron chi connectivity index (χ4n) is 1.47. The molecule has 1 aromatic heterocycles. The van der Waals surface area contributed by atoms with E-state index in [1.165, 1.54) is 0 Å². The number of Topliss-reactive ketones (excluding diaryl/α,β-unsaturated/α-hetero) is 1. The first-order valence-electron chi connectivity index (χ1n) is 5.43. The van der Waals surface area contributed by atoms with Gasteiger partial charge < -0.3 is 0 Å². The Morgan fingerprint density at radius 1 is 1.44 bits per heavy atom. The molecule has 0 N–H and O–H groups in total. The first-order chi connectivity index (χ1) is 8.20. The van der Waals surface area contributed by atoms with Gasteiger partial charge in [0.2, 0.25) is 0 Å². The van der Waals surface area contributed by atoms with Crippen LogP contribution in [0.25, 0.3) is 0 Å². The minimum atomic E-state index is -4.48. The molecule has 0 unspecified atom stereocenters. The van der Waals surface area contributed by atoms with Gasteiger partial charge in [0.1, 0.15) is 5.78 Å². The van der Waals surface area contributed by atoms with Crippen molar-refractivity contribution in [3.8, 4) is 0 Å². The lowest BCUT2D eigenvalue weighted by molar-refractivity contribution is -0.137. The molecule has 0 saturated carbocycles. The third kappa shape index (κ3) is 4.29. The second kappa shape index (κ2) is 5.69. The Hall–Kier alpha value is -1.10. The molecule has 18 heavy (non-hydrogen) atoms. The zero-order valence-corrected chi connectivity index (χ0v) is 10.8. The van der Waals surface area contributed by atoms with Gasteiger partial charge in [0.05, 0.1) is 22.7 Å². The van der Waals surface area contributed by atoms with Gasteiger partial charge in [-0.2, -0.15) is 13.2 Å². The minimum Gasteiger partial charge on any atom is -0.299 e. The Morgan fingerprint density at radius 2 is 2.06 bits per heavy atom. The Kier molecular flexibility index (Phi) is 4.73. The molecule has 0 aliphatic carbocycles. The fourth-order valence-corrected chi connectivity index (χ4v) is 1.70. The second-order valence-corrected chi connectivity index (χ2v) is 4.87. The molecule has 0 amide bonds. The summed E-state index contributed by atoms with van der Waals surface area (Å²) < 4.78 is 37.1. The fraction of sp³-hybridized carbons (Fsp3) is 0.500. The van der Waals surface area contributed by atoms with Gasteiger partial charge in [0, 0.05) is 12.6 Å². The van der Waals surface area contributed by atoms with Gasteiger partial charge in [-0.25, -0.2) is 0 Å². The SMILES string of the molecule is CC(C)CC(=O)Cc1ncc(C(F)(F)F)cc1Cl. The minimum absolute atomic E-state index is 0.0326. The number of carbonyl (C=O) groups excluding carboxylic acids is 1. The summed E-state index contributed by atoms with van der Waals surface area (Å²) in [6.45, 7) is 3.78. The van der Waals surface area contributed by atoms with Crippen molar-refractivity contribution in [2.45, 2.75) is 32.9 Å². The predicted octanol–water partition coefficient (Wildman–Crippen LogP) is 3.91. The number of aromatic nitrogens is 1. The molecule has 0 spiro atoms. The van der Waals surface area contributed by atoms with Crippen LogP contribution in [0.3, 0.4) is 0 Å². The number of carbonyl (C=O) groups is 1. The van der Waals surface area contributed by atoms with Crippen molar-refractivity contribution in [2.24, 2.45) is 5.92 Å². The standard InChI is InChI=1S/C12H13ClF3NO/c1-7(2)3-9(18)5-11-10(13)4-8(6-17-11)12(14,15)16/h4,6-7H,3,5H2,1-2H3. The molecular formula is C12H13ClF3NO. The summed E-state index contributed by atoms with van der Waals surface area (Å²) in [5.74, 6) is 0.116. The number of ketones is 1. The Labute approximate surface area is 108 Å². The lowest BCUT2D eigenvalue weighted by atomic mass is 10.0. The molecule has 0 aliphatic heterocycles. The van der Waals surface area contributed by atoms with E-state index in [-0.39, 0.29) is 28.8 Å². The van der Waals surface area contributed by atoms with Crippen LogP contribution in [0.5, 0.6) is 0 Å². The summed E-state index contributed by atoms with van der Waals surface area (Å²) in [6, 6.07) is 0.798. The van der Waals surface area contributed by atoms with Crippen molar-refractivity contribution in [3.63, 3.8) is 0 Å². The monoisotopic (exact) mass is 279 g/mol. The number of hydrogen-bond donors (Lipinski definition) is 0. The summed E-state index contributed by atoms with van der Waals surface area (Å²) in [7, 11) is 0. The van der Waals surface area contributed by atoms with E-state index in [4.69, 9.17) is 11.6 Å². The highest BCUT2D eigenvalue weighted by Gasteiger charge is 2.31. The smallest absolute Gasteiger partial charge is 0.299 e. The Balaban J connectivity index is 2.84. The van der Waals surface area contributed by atoms with Crippen molar-refractivity contribution >= 4 is 17.4 Å². The van der Waals surface area contributed by atoms with E-state index in [0.29, 0.717) is 12.6 Å². The normalized spacial score (nSPS) is 11.9. The summed E-state index contributed by atoms with van der Waals surface area (Å²) in [4.78, 5) is 15.2. The molecule has 2 nitrogen and oxygen atoms in total. The highest BCUT2D eigenvalue weighted by molar-refractivity contribution is 6.31. The Bertz CT molecular complexity index is 443. The average molecular weight is 280 g/mol. The number of halogens is 4. The van der Waals surface area contributed by atoms with Crippen molar-refractivity contribution in [1.29, 1.82) is 0 Å². The summed E-state index contributed by atoms with van der Waals surface area (Å²) in [6.07, 6.45) is -3.45. The number of nitrogens with zero attached hydrogens (tertiary/aromatic N) is 1. The number of pyridine rings is 1. The third-order valence-corrected chi connectivity index (χ3v) is 2.57. The van der Waals surface area contributed by atoms with Crippen molar-refractivity contribution in [3.05, 3.63) is 28.5 Å². The van der Waals surface area contributed by atoms with E-state index in [1.54, 1.807) is 0 Å². The van der Waals surface area contributed by atoms with Crippen LogP contribution in [0.1, 0.15) is 31.5 Å². The molecule has 0 saturated heterocycles. The molecule has 6 heteroatoms. The quantitative estimate of drug-likeness (QED) is 0.836. The zero-order valence-electron chi connectivity index (χ0n) is 10.0. The zero-order chi connectivity index (χ0) is 13.9. The highest BCUT2D eigenvalue weighted by Crippen LogP contribution is 2.31. The topological polar surface area (TPSA) is 30.0 Å². The van der Waals surface area contributed by atoms with Crippen LogP contribution in [0.4, 0.5) is 13.2 Å². The van der Waals surface area contributed by atoms with Crippen LogP contribution >= 0.6 is 11.6 Å². The van der Waals surface area contributed by atoms with Crippen molar-refractivity contribution in [1.82, 2.24) is 4.98 Å². The first-order valence-corrected chi connectivity index (χ1v) is 5.81. The summed E-state index contributed by atoms with van der Waals surface area (Å²) in [5.41, 5.74) is -0.720. The Morgan fingerprint density at radius 3 is 2.50 bits per heavy atom. The molecule has 0 aromatic carbocycles. The van der Waals surface area contributed by atoms with Gasteiger partial charge in [0.15, 0.2) is 0 Å². The van der Waals surface area contributed by atoms with E-state index in [1.807, 2.05) is 13.8 Å². The van der Waals surface area contributed by atoms with Gasteiger partial charge in [0.25, 0.3) is 0 Å². The van der Waals surface area contributed by atoms with E-state index in [2.05, 4.69) is 4.98 Å². The van der Waals surface area contributed by atoms with E-state index >= 15 is 0 Å². The first kappa shape index (κ1) is 15.0. The summed E-state index contributed by atoms with van der Waals surface area (Å²) in [5, 5.41) is -0.123. The average Bonchev–Trinajstić information content (AvgIpc) is 2.18. The third-order valence-electron chi connectivity index (χ3n) is 2.25. The maximum Gasteiger partial charge on any atom is 0.417 e. The maximum absolute atomic E-state index is 12.4. The second-order valence-electron chi connectivity index (χ2n) is 4.46. The molecule has 0 radical (unpaired) electrons. The molecular weight excluding hydrogens is 267 g/mol. The molecule has 1 aromatic rings. The molecule has 1 heterocycles. The molecule has 0 aliphatic rings. The van der Waals surface area contributed by atoms with E-state index in [9.17, 15) is 18.0 Å². The lowest BCUT2D eigenvalue weighted by Crippen LogP contribution is -2.10. The van der Waals surface area contributed by atoms with Crippen LogP contribution in [0.15, 0.2) is 12.3 Å². The molecule has 1 rings (SSSR count). The van der Waals surface area contributed by atoms with Gasteiger partial charge in [-0.1, -0.05) is 25.4 Å². The van der Waals surface area contributed by atoms with Gasteiger partial charge in [-0.3, -0.25) is 9.78 Å². The van der Waals surface area contributed by atoms with E-state index < -0.39 is 11.7 Å².